The molecule has 0 bridgehead atoms. The molecule has 12 nitrogen and oxygen atoms in total. The summed E-state index contributed by atoms with van der Waals surface area (Å²) in [7, 11) is 0. The van der Waals surface area contributed by atoms with Crippen LogP contribution < -0.4 is 21.7 Å². The van der Waals surface area contributed by atoms with Crippen molar-refractivity contribution < 1.29 is 33.5 Å². The number of rotatable bonds is 13. The van der Waals surface area contributed by atoms with Crippen LogP contribution in [0.5, 0.6) is 0 Å². The van der Waals surface area contributed by atoms with Gasteiger partial charge in [-0.2, -0.15) is 0 Å². The van der Waals surface area contributed by atoms with Gasteiger partial charge in [0.1, 0.15) is 23.7 Å². The van der Waals surface area contributed by atoms with Gasteiger partial charge in [0.05, 0.1) is 6.04 Å². The Balaban J connectivity index is 1.71. The van der Waals surface area contributed by atoms with Crippen molar-refractivity contribution in [2.45, 2.75) is 111 Å². The molecule has 12 heteroatoms. The zero-order valence-electron chi connectivity index (χ0n) is 31.8. The highest BCUT2D eigenvalue weighted by Crippen LogP contribution is 2.65. The molecule has 5 N–H and O–H groups in total. The fraction of sp³-hybridized carbons (Fsp3) is 0.550. The molecule has 5 amide bonds. The molecule has 0 radical (unpaired) electrons. The van der Waals surface area contributed by atoms with Crippen LogP contribution in [0.15, 0.2) is 60.7 Å². The highest BCUT2D eigenvalue weighted by atomic mass is 16.6. The third-order valence-electron chi connectivity index (χ3n) is 10.2. The smallest absolute Gasteiger partial charge is 0.408 e. The number of nitrogens with one attached hydrogen (secondary N) is 3. The summed E-state index contributed by atoms with van der Waals surface area (Å²) in [5.41, 5.74) is 4.88. The van der Waals surface area contributed by atoms with Crippen LogP contribution in [-0.2, 0) is 28.7 Å². The number of nitrogens with two attached hydrogens (primary N) is 1. The fourth-order valence-corrected chi connectivity index (χ4v) is 7.48. The van der Waals surface area contributed by atoms with Crippen LogP contribution >= 0.6 is 0 Å². The first-order valence-corrected chi connectivity index (χ1v) is 18.0. The van der Waals surface area contributed by atoms with E-state index in [1.807, 2.05) is 102 Å². The minimum Gasteiger partial charge on any atom is -0.444 e. The first-order chi connectivity index (χ1) is 24.2. The van der Waals surface area contributed by atoms with Gasteiger partial charge in [0.15, 0.2) is 0 Å². The summed E-state index contributed by atoms with van der Waals surface area (Å²) < 4.78 is 5.60. The lowest BCUT2D eigenvalue weighted by atomic mass is 9.82. The van der Waals surface area contributed by atoms with Crippen molar-refractivity contribution >= 4 is 35.5 Å². The van der Waals surface area contributed by atoms with E-state index in [1.165, 1.54) is 4.90 Å². The lowest BCUT2D eigenvalue weighted by Crippen LogP contribution is -2.62. The van der Waals surface area contributed by atoms with Crippen molar-refractivity contribution in [3.05, 3.63) is 71.8 Å². The number of hydrogen-bond donors (Lipinski definition) is 4. The van der Waals surface area contributed by atoms with Crippen molar-refractivity contribution in [1.29, 1.82) is 0 Å². The van der Waals surface area contributed by atoms with Crippen molar-refractivity contribution in [3.8, 4) is 0 Å². The van der Waals surface area contributed by atoms with Gasteiger partial charge in [-0.3, -0.25) is 24.0 Å². The van der Waals surface area contributed by atoms with E-state index in [9.17, 15) is 28.8 Å². The SMILES string of the molecule is CCCC(NC(=O)C1C2C(CN1C(=O)[C@@H](NC(=O)C(NC(=O)OC(C)(C)C)C(c1ccccc1)c1ccccc1)C(C)(C)C)C2(C)C)C(=O)C(N)=O. The molecule has 1 saturated heterocycles. The van der Waals surface area contributed by atoms with E-state index < -0.39 is 76.6 Å². The van der Waals surface area contributed by atoms with E-state index in [0.717, 1.165) is 11.1 Å². The van der Waals surface area contributed by atoms with Crippen LogP contribution in [0.1, 0.15) is 92.2 Å². The van der Waals surface area contributed by atoms with Crippen LogP contribution in [0.4, 0.5) is 4.79 Å². The van der Waals surface area contributed by atoms with Gasteiger partial charge in [-0.1, -0.05) is 109 Å². The molecule has 4 rings (SSSR count). The standard InChI is InChI=1S/C40H55N5O7/c1-10-17-26(31(46)33(41)47)42-35(49)30-28-25(40(28,8)9)22-45(30)36(50)32(38(2,3)4)44-34(48)29(43-37(51)52-39(5,6)7)27(23-18-13-11-14-19-23)24-20-15-12-16-21-24/h11-16,18-21,25-30,32H,10,17,22H2,1-9H3,(H2,41,47)(H,42,49)(H,43,51)(H,44,48)/t25?,26?,28?,29?,30?,32-/m1/s1. The minimum absolute atomic E-state index is 0.0158. The summed E-state index contributed by atoms with van der Waals surface area (Å²) in [6, 6.07) is 14.2. The number of Topliss-reactive ketones (excluding diaryl/α,β-unsaturated/α-hetero) is 1. The van der Waals surface area contributed by atoms with Gasteiger partial charge in [0, 0.05) is 12.5 Å². The molecule has 282 valence electrons. The van der Waals surface area contributed by atoms with Crippen LogP contribution in [0.25, 0.3) is 0 Å². The molecular formula is C40H55N5O7. The molecule has 1 heterocycles. The number of carbonyl (C=O) groups excluding carboxylic acids is 6. The maximum absolute atomic E-state index is 14.7. The number of benzene rings is 2. The molecule has 0 aromatic heterocycles. The Morgan fingerprint density at radius 3 is 1.87 bits per heavy atom. The molecule has 2 aromatic rings. The summed E-state index contributed by atoms with van der Waals surface area (Å²) in [6.07, 6.45) is -0.0743. The summed E-state index contributed by atoms with van der Waals surface area (Å²) in [6.45, 7) is 16.8. The Bertz CT molecular complexity index is 1610. The number of ether oxygens (including phenoxy) is 1. The van der Waals surface area contributed by atoms with Gasteiger partial charge >= 0.3 is 6.09 Å². The van der Waals surface area contributed by atoms with Crippen LogP contribution in [0, 0.1) is 22.7 Å². The van der Waals surface area contributed by atoms with Crippen molar-refractivity contribution in [2.75, 3.05) is 6.54 Å². The summed E-state index contributed by atoms with van der Waals surface area (Å²) >= 11 is 0. The van der Waals surface area contributed by atoms with Gasteiger partial charge in [-0.15, -0.1) is 0 Å². The number of nitrogens with zero attached hydrogens (tertiary/aromatic N) is 1. The molecule has 52 heavy (non-hydrogen) atoms. The average molecular weight is 718 g/mol. The van der Waals surface area contributed by atoms with Gasteiger partial charge in [0.25, 0.3) is 5.91 Å². The van der Waals surface area contributed by atoms with E-state index in [0.29, 0.717) is 6.42 Å². The largest absolute Gasteiger partial charge is 0.444 e. The summed E-state index contributed by atoms with van der Waals surface area (Å²) in [5.74, 6) is -4.51. The number of likely N-dealkylation sites (tertiary alicyclic amines) is 1. The van der Waals surface area contributed by atoms with Gasteiger partial charge in [0.2, 0.25) is 23.5 Å². The van der Waals surface area contributed by atoms with Crippen LogP contribution in [0.3, 0.4) is 0 Å². The van der Waals surface area contributed by atoms with E-state index in [-0.39, 0.29) is 30.2 Å². The molecule has 1 aliphatic carbocycles. The normalized spacial score (nSPS) is 20.9. The Hall–Kier alpha value is -4.74. The zero-order chi connectivity index (χ0) is 38.8. The molecule has 0 spiro atoms. The second-order valence-corrected chi connectivity index (χ2v) is 16.7. The Kier molecular flexibility index (Phi) is 11.9. The summed E-state index contributed by atoms with van der Waals surface area (Å²) in [5, 5.41) is 8.50. The highest BCUT2D eigenvalue weighted by Gasteiger charge is 2.70. The van der Waals surface area contributed by atoms with E-state index >= 15 is 0 Å². The first-order valence-electron chi connectivity index (χ1n) is 18.0. The topological polar surface area (TPSA) is 177 Å². The van der Waals surface area contributed by atoms with Crippen molar-refractivity contribution in [2.24, 2.45) is 28.4 Å². The van der Waals surface area contributed by atoms with Gasteiger partial charge in [-0.05, 0) is 61.0 Å². The molecular weight excluding hydrogens is 662 g/mol. The molecule has 5 unspecified atom stereocenters. The minimum atomic E-state index is -1.21. The molecule has 2 aromatic carbocycles. The zero-order valence-corrected chi connectivity index (χ0v) is 31.8. The van der Waals surface area contributed by atoms with E-state index in [1.54, 1.807) is 20.8 Å². The van der Waals surface area contributed by atoms with Gasteiger partial charge in [-0.25, -0.2) is 4.79 Å². The van der Waals surface area contributed by atoms with Crippen LogP contribution in [-0.4, -0.2) is 76.7 Å². The second kappa shape index (κ2) is 15.5. The average Bonchev–Trinajstić information content (AvgIpc) is 3.36. The maximum Gasteiger partial charge on any atom is 0.408 e. The van der Waals surface area contributed by atoms with E-state index in [4.69, 9.17) is 10.5 Å². The summed E-state index contributed by atoms with van der Waals surface area (Å²) in [4.78, 5) is 82.5. The van der Waals surface area contributed by atoms with Crippen molar-refractivity contribution in [1.82, 2.24) is 20.9 Å². The molecule has 1 saturated carbocycles. The number of ketones is 1. The molecule has 2 aliphatic rings. The monoisotopic (exact) mass is 717 g/mol. The quantitative estimate of drug-likeness (QED) is 0.226. The number of carbonyl (C=O) groups is 6. The third-order valence-corrected chi connectivity index (χ3v) is 10.2. The number of piperidine rings is 1. The first kappa shape index (κ1) is 40.0. The lowest BCUT2D eigenvalue weighted by molar-refractivity contribution is -0.146. The van der Waals surface area contributed by atoms with Gasteiger partial charge < -0.3 is 31.3 Å². The predicted molar refractivity (Wildman–Crippen MR) is 197 cm³/mol. The number of primary amides is 1. The highest BCUT2D eigenvalue weighted by molar-refractivity contribution is 6.37. The number of fused-ring (bicyclic) bond motifs is 1. The number of alkyl carbamates (subject to hydrolysis) is 1. The Morgan fingerprint density at radius 2 is 1.40 bits per heavy atom. The molecule has 2 fully saturated rings. The van der Waals surface area contributed by atoms with E-state index in [2.05, 4.69) is 16.0 Å². The van der Waals surface area contributed by atoms with Crippen molar-refractivity contribution in [3.63, 3.8) is 0 Å². The lowest BCUT2D eigenvalue weighted by Gasteiger charge is -2.39. The number of hydrogen-bond acceptors (Lipinski definition) is 7. The maximum atomic E-state index is 14.7. The Morgan fingerprint density at radius 1 is 0.865 bits per heavy atom. The number of amides is 5. The fourth-order valence-electron chi connectivity index (χ4n) is 7.48. The molecule has 6 atom stereocenters. The third kappa shape index (κ3) is 9.00. The Labute approximate surface area is 307 Å². The predicted octanol–water partition coefficient (Wildman–Crippen LogP) is 4.07. The van der Waals surface area contributed by atoms with Crippen LogP contribution in [0.2, 0.25) is 0 Å². The molecule has 1 aliphatic heterocycles. The second-order valence-electron chi connectivity index (χ2n) is 16.7.